The van der Waals surface area contributed by atoms with Gasteiger partial charge in [0.15, 0.2) is 5.78 Å². The van der Waals surface area contributed by atoms with Crippen LogP contribution in [0.4, 0.5) is 0 Å². The van der Waals surface area contributed by atoms with Crippen molar-refractivity contribution in [2.24, 2.45) is 0 Å². The van der Waals surface area contributed by atoms with Crippen molar-refractivity contribution in [3.8, 4) is 5.75 Å². The number of Topliss-reactive ketones (excluding diaryl/α,β-unsaturated/α-hetero) is 1. The van der Waals surface area contributed by atoms with Crippen LogP contribution in [0.15, 0.2) is 48.5 Å². The lowest BCUT2D eigenvalue weighted by atomic mass is 10.1. The van der Waals surface area contributed by atoms with Crippen molar-refractivity contribution >= 4 is 17.4 Å². The lowest BCUT2D eigenvalue weighted by Crippen LogP contribution is -2.14. The number of rotatable bonds is 5. The van der Waals surface area contributed by atoms with Crippen LogP contribution in [0, 0.1) is 6.92 Å². The van der Waals surface area contributed by atoms with E-state index >= 15 is 0 Å². The van der Waals surface area contributed by atoms with E-state index in [1.165, 1.54) is 0 Å². The topological polar surface area (TPSA) is 26.3 Å². The summed E-state index contributed by atoms with van der Waals surface area (Å²) in [5.41, 5.74) is 1.98. The summed E-state index contributed by atoms with van der Waals surface area (Å²) in [7, 11) is 0. The van der Waals surface area contributed by atoms with Crippen LogP contribution in [-0.2, 0) is 11.2 Å². The molecule has 19 heavy (non-hydrogen) atoms. The summed E-state index contributed by atoms with van der Waals surface area (Å²) in [6, 6.07) is 14.9. The van der Waals surface area contributed by atoms with Crippen molar-refractivity contribution in [2.75, 3.05) is 6.61 Å². The van der Waals surface area contributed by atoms with E-state index in [9.17, 15) is 4.79 Å². The van der Waals surface area contributed by atoms with Gasteiger partial charge in [-0.1, -0.05) is 41.9 Å². The summed E-state index contributed by atoms with van der Waals surface area (Å²) in [4.78, 5) is 11.8. The molecule has 0 amide bonds. The molecule has 98 valence electrons. The number of benzene rings is 2. The summed E-state index contributed by atoms with van der Waals surface area (Å²) in [5, 5.41) is 0.673. The minimum absolute atomic E-state index is 0.0468. The highest BCUT2D eigenvalue weighted by Gasteiger charge is 2.06. The predicted molar refractivity (Wildman–Crippen MR) is 76.8 cm³/mol. The molecule has 0 aliphatic rings. The summed E-state index contributed by atoms with van der Waals surface area (Å²) in [6.45, 7) is 2.05. The number of halogens is 1. The highest BCUT2D eigenvalue weighted by molar-refractivity contribution is 6.30. The zero-order valence-electron chi connectivity index (χ0n) is 10.7. The van der Waals surface area contributed by atoms with E-state index in [1.54, 1.807) is 12.1 Å². The molecule has 0 aromatic heterocycles. The largest absolute Gasteiger partial charge is 0.486 e. The molecule has 0 aliphatic carbocycles. The molecule has 2 aromatic rings. The van der Waals surface area contributed by atoms with E-state index < -0.39 is 0 Å². The minimum atomic E-state index is 0.0468. The van der Waals surface area contributed by atoms with Gasteiger partial charge in [0.05, 0.1) is 0 Å². The number of ketones is 1. The number of hydrogen-bond acceptors (Lipinski definition) is 2. The number of para-hydroxylation sites is 1. The summed E-state index contributed by atoms with van der Waals surface area (Å²) < 4.78 is 5.52. The third-order valence-corrected chi connectivity index (χ3v) is 3.05. The van der Waals surface area contributed by atoms with Gasteiger partial charge in [0, 0.05) is 11.4 Å². The normalized spacial score (nSPS) is 10.2. The van der Waals surface area contributed by atoms with Gasteiger partial charge in [-0.05, 0) is 36.2 Å². The molecule has 3 heteroatoms. The van der Waals surface area contributed by atoms with Crippen molar-refractivity contribution in [2.45, 2.75) is 13.3 Å². The van der Waals surface area contributed by atoms with Gasteiger partial charge in [-0.15, -0.1) is 0 Å². The van der Waals surface area contributed by atoms with Gasteiger partial charge in [-0.3, -0.25) is 4.79 Å². The average Bonchev–Trinajstić information content (AvgIpc) is 2.40. The third-order valence-electron chi connectivity index (χ3n) is 2.80. The Bertz CT molecular complexity index is 561. The lowest BCUT2D eigenvalue weighted by Gasteiger charge is -2.08. The van der Waals surface area contributed by atoms with Crippen LogP contribution in [0.1, 0.15) is 11.1 Å². The zero-order chi connectivity index (χ0) is 13.7. The first-order chi connectivity index (χ1) is 9.15. The molecule has 0 unspecified atom stereocenters. The molecule has 0 aliphatic heterocycles. The third kappa shape index (κ3) is 4.11. The SMILES string of the molecule is Cc1ccccc1OCC(=O)Cc1ccc(Cl)cc1. The molecule has 2 aromatic carbocycles. The van der Waals surface area contributed by atoms with Crippen molar-refractivity contribution in [3.63, 3.8) is 0 Å². The molecule has 0 N–H and O–H groups in total. The molecule has 0 atom stereocenters. The van der Waals surface area contributed by atoms with E-state index in [0.717, 1.165) is 16.9 Å². The maximum absolute atomic E-state index is 11.8. The first-order valence-corrected chi connectivity index (χ1v) is 6.47. The standard InChI is InChI=1S/C16H15ClO2/c1-12-4-2-3-5-16(12)19-11-15(18)10-13-6-8-14(17)9-7-13/h2-9H,10-11H2,1H3. The highest BCUT2D eigenvalue weighted by atomic mass is 35.5. The maximum atomic E-state index is 11.8. The Balaban J connectivity index is 1.88. The summed E-state index contributed by atoms with van der Waals surface area (Å²) in [6.07, 6.45) is 0.364. The molecule has 0 heterocycles. The molecular weight excluding hydrogens is 260 g/mol. The van der Waals surface area contributed by atoms with Gasteiger partial charge in [-0.25, -0.2) is 0 Å². The summed E-state index contributed by atoms with van der Waals surface area (Å²) >= 11 is 5.80. The molecule has 0 saturated heterocycles. The Morgan fingerprint density at radius 2 is 1.79 bits per heavy atom. The summed E-state index contributed by atoms with van der Waals surface area (Å²) in [5.74, 6) is 0.803. The van der Waals surface area contributed by atoms with E-state index in [1.807, 2.05) is 43.3 Å². The fourth-order valence-corrected chi connectivity index (χ4v) is 1.88. The van der Waals surface area contributed by atoms with E-state index in [0.29, 0.717) is 11.4 Å². The number of carbonyl (C=O) groups is 1. The smallest absolute Gasteiger partial charge is 0.174 e. The Kier molecular flexibility index (Phi) is 4.58. The molecule has 0 radical (unpaired) electrons. The molecule has 0 bridgehead atoms. The quantitative estimate of drug-likeness (QED) is 0.828. The minimum Gasteiger partial charge on any atom is -0.486 e. The van der Waals surface area contributed by atoms with E-state index in [4.69, 9.17) is 16.3 Å². The molecule has 2 rings (SSSR count). The van der Waals surface area contributed by atoms with Crippen LogP contribution in [0.3, 0.4) is 0 Å². The molecule has 2 nitrogen and oxygen atoms in total. The second-order valence-corrected chi connectivity index (χ2v) is 4.83. The Morgan fingerprint density at radius 3 is 2.47 bits per heavy atom. The molecular formula is C16H15ClO2. The van der Waals surface area contributed by atoms with E-state index in [-0.39, 0.29) is 12.4 Å². The highest BCUT2D eigenvalue weighted by Crippen LogP contribution is 2.16. The lowest BCUT2D eigenvalue weighted by molar-refractivity contribution is -0.120. The van der Waals surface area contributed by atoms with Crippen LogP contribution in [0.25, 0.3) is 0 Å². The van der Waals surface area contributed by atoms with Crippen molar-refractivity contribution < 1.29 is 9.53 Å². The maximum Gasteiger partial charge on any atom is 0.174 e. The first-order valence-electron chi connectivity index (χ1n) is 6.10. The average molecular weight is 275 g/mol. The van der Waals surface area contributed by atoms with Crippen LogP contribution in [-0.4, -0.2) is 12.4 Å². The second-order valence-electron chi connectivity index (χ2n) is 4.40. The molecule has 0 saturated carbocycles. The Morgan fingerprint density at radius 1 is 1.11 bits per heavy atom. The molecule has 0 spiro atoms. The van der Waals surface area contributed by atoms with Gasteiger partial charge in [0.1, 0.15) is 12.4 Å². The van der Waals surface area contributed by atoms with Crippen LogP contribution in [0.2, 0.25) is 5.02 Å². The van der Waals surface area contributed by atoms with Gasteiger partial charge < -0.3 is 4.74 Å². The van der Waals surface area contributed by atoms with Crippen molar-refractivity contribution in [1.29, 1.82) is 0 Å². The van der Waals surface area contributed by atoms with E-state index in [2.05, 4.69) is 0 Å². The Labute approximate surface area is 118 Å². The number of hydrogen-bond donors (Lipinski definition) is 0. The van der Waals surface area contributed by atoms with Gasteiger partial charge in [-0.2, -0.15) is 0 Å². The number of ether oxygens (including phenoxy) is 1. The zero-order valence-corrected chi connectivity index (χ0v) is 11.5. The first kappa shape index (κ1) is 13.6. The van der Waals surface area contributed by atoms with Crippen molar-refractivity contribution in [3.05, 3.63) is 64.7 Å². The van der Waals surface area contributed by atoms with Crippen LogP contribution < -0.4 is 4.74 Å². The number of carbonyl (C=O) groups excluding carboxylic acids is 1. The molecule has 0 fully saturated rings. The fourth-order valence-electron chi connectivity index (χ4n) is 1.76. The van der Waals surface area contributed by atoms with Crippen LogP contribution in [0.5, 0.6) is 5.75 Å². The predicted octanol–water partition coefficient (Wildman–Crippen LogP) is 3.84. The van der Waals surface area contributed by atoms with Crippen LogP contribution >= 0.6 is 11.6 Å². The second kappa shape index (κ2) is 6.39. The van der Waals surface area contributed by atoms with Crippen molar-refractivity contribution in [1.82, 2.24) is 0 Å². The van der Waals surface area contributed by atoms with Gasteiger partial charge >= 0.3 is 0 Å². The number of aryl methyl sites for hydroxylation is 1. The fraction of sp³-hybridized carbons (Fsp3) is 0.188. The van der Waals surface area contributed by atoms with Gasteiger partial charge in [0.2, 0.25) is 0 Å². The Hall–Kier alpha value is -1.80. The monoisotopic (exact) mass is 274 g/mol. The van der Waals surface area contributed by atoms with Gasteiger partial charge in [0.25, 0.3) is 0 Å².